The van der Waals surface area contributed by atoms with Gasteiger partial charge in [0.1, 0.15) is 6.10 Å². The van der Waals surface area contributed by atoms with E-state index in [1.54, 1.807) is 0 Å². The van der Waals surface area contributed by atoms with E-state index in [1.807, 2.05) is 0 Å². The smallest absolute Gasteiger partial charge is 0.223 e. The Morgan fingerprint density at radius 2 is 2.04 bits per heavy atom. The molecule has 2 unspecified atom stereocenters. The van der Waals surface area contributed by atoms with Crippen LogP contribution < -0.4 is 5.32 Å². The lowest BCUT2D eigenvalue weighted by molar-refractivity contribution is -0.145. The molecule has 2 saturated heterocycles. The number of hydrogen-bond acceptors (Lipinski definition) is 3. The van der Waals surface area contributed by atoms with Gasteiger partial charge in [-0.3, -0.25) is 4.79 Å². The molecule has 1 amide bonds. The molecule has 4 heteroatoms. The Morgan fingerprint density at radius 3 is 2.79 bits per heavy atom. The maximum Gasteiger partial charge on any atom is 0.223 e. The van der Waals surface area contributed by atoms with Crippen molar-refractivity contribution in [1.29, 1.82) is 0 Å². The van der Waals surface area contributed by atoms with E-state index in [2.05, 4.69) is 49.2 Å². The van der Waals surface area contributed by atoms with Crippen LogP contribution in [0, 0.1) is 19.8 Å². The van der Waals surface area contributed by atoms with Crippen molar-refractivity contribution in [3.05, 3.63) is 34.9 Å². The Kier molecular flexibility index (Phi) is 5.57. The monoisotopic (exact) mass is 330 g/mol. The van der Waals surface area contributed by atoms with Gasteiger partial charge in [0.05, 0.1) is 19.2 Å². The first kappa shape index (κ1) is 17.4. The van der Waals surface area contributed by atoms with E-state index < -0.39 is 0 Å². The molecule has 0 aliphatic carbocycles. The second-order valence-electron chi connectivity index (χ2n) is 7.47. The number of nitrogens with one attached hydrogen (secondary N) is 1. The molecule has 2 aliphatic rings. The number of hydrogen-bond donors (Lipinski definition) is 1. The fourth-order valence-corrected chi connectivity index (χ4v) is 3.85. The summed E-state index contributed by atoms with van der Waals surface area (Å²) in [5.41, 5.74) is 3.71. The number of aryl methyl sites for hydroxylation is 2. The molecule has 0 saturated carbocycles. The number of piperidine rings is 1. The Bertz CT molecular complexity index is 581. The number of rotatable bonds is 3. The Hall–Kier alpha value is -1.39. The van der Waals surface area contributed by atoms with Crippen molar-refractivity contribution in [2.45, 2.75) is 52.2 Å². The number of carbonyl (C=O) groups excluding carboxylic acids is 1. The molecule has 0 spiro atoms. The third-order valence-electron chi connectivity index (χ3n) is 5.46. The first-order valence-electron chi connectivity index (χ1n) is 9.23. The van der Waals surface area contributed by atoms with Crippen molar-refractivity contribution in [1.82, 2.24) is 10.2 Å². The van der Waals surface area contributed by atoms with Crippen LogP contribution in [-0.4, -0.2) is 43.1 Å². The second-order valence-corrected chi connectivity index (χ2v) is 7.47. The normalized spacial score (nSPS) is 25.7. The molecule has 1 aromatic rings. The molecule has 2 heterocycles. The Labute approximate surface area is 145 Å². The predicted molar refractivity (Wildman–Crippen MR) is 96.0 cm³/mol. The molecule has 2 fully saturated rings. The number of morpholine rings is 1. The second kappa shape index (κ2) is 7.66. The first-order chi connectivity index (χ1) is 11.5. The van der Waals surface area contributed by atoms with Gasteiger partial charge >= 0.3 is 0 Å². The minimum Gasteiger partial charge on any atom is -0.370 e. The molecule has 24 heavy (non-hydrogen) atoms. The molecule has 1 aromatic carbocycles. The summed E-state index contributed by atoms with van der Waals surface area (Å²) in [6.07, 6.45) is 2.92. The van der Waals surface area contributed by atoms with Gasteiger partial charge in [0.15, 0.2) is 0 Å². The van der Waals surface area contributed by atoms with E-state index in [0.29, 0.717) is 31.4 Å². The van der Waals surface area contributed by atoms with Crippen LogP contribution in [0.25, 0.3) is 0 Å². The molecule has 0 radical (unpaired) electrons. The van der Waals surface area contributed by atoms with Crippen LogP contribution in [0.3, 0.4) is 0 Å². The summed E-state index contributed by atoms with van der Waals surface area (Å²) in [6, 6.07) is 6.64. The highest BCUT2D eigenvalue weighted by atomic mass is 16.5. The summed E-state index contributed by atoms with van der Waals surface area (Å²) in [6.45, 7) is 9.71. The fraction of sp³-hybridized carbons (Fsp3) is 0.650. The first-order valence-corrected chi connectivity index (χ1v) is 9.23. The zero-order valence-corrected chi connectivity index (χ0v) is 15.2. The molecule has 3 rings (SSSR count). The van der Waals surface area contributed by atoms with Gasteiger partial charge in [0.2, 0.25) is 5.91 Å². The van der Waals surface area contributed by atoms with Gasteiger partial charge in [-0.05, 0) is 63.7 Å². The quantitative estimate of drug-likeness (QED) is 0.926. The summed E-state index contributed by atoms with van der Waals surface area (Å²) < 4.78 is 6.08. The van der Waals surface area contributed by atoms with Crippen molar-refractivity contribution in [3.63, 3.8) is 0 Å². The van der Waals surface area contributed by atoms with Crippen molar-refractivity contribution < 1.29 is 9.53 Å². The van der Waals surface area contributed by atoms with Crippen LogP contribution in [-0.2, 0) is 9.53 Å². The molecule has 0 aromatic heterocycles. The number of carbonyl (C=O) groups is 1. The average Bonchev–Trinajstić information content (AvgIpc) is 2.58. The lowest BCUT2D eigenvalue weighted by Gasteiger charge is -2.39. The summed E-state index contributed by atoms with van der Waals surface area (Å²) >= 11 is 0. The number of amides is 1. The zero-order valence-electron chi connectivity index (χ0n) is 15.2. The standard InChI is InChI=1S/C20H30N2O2/c1-14-4-5-15(2)18(10-14)19-12-22(16(3)13-24-19)20(23)11-17-6-8-21-9-7-17/h4-5,10,16-17,19,21H,6-9,11-13H2,1-3H3. The van der Waals surface area contributed by atoms with Gasteiger partial charge in [-0.2, -0.15) is 0 Å². The minimum absolute atomic E-state index is 0.00178. The maximum absolute atomic E-state index is 12.9. The van der Waals surface area contributed by atoms with E-state index in [4.69, 9.17) is 4.74 Å². The third kappa shape index (κ3) is 3.98. The SMILES string of the molecule is Cc1ccc(C)c(C2CN(C(=O)CC3CCNCC3)C(C)CO2)c1. The highest BCUT2D eigenvalue weighted by Gasteiger charge is 2.32. The highest BCUT2D eigenvalue weighted by molar-refractivity contribution is 5.77. The molecular formula is C20H30N2O2. The number of ether oxygens (including phenoxy) is 1. The van der Waals surface area contributed by atoms with Crippen molar-refractivity contribution in [3.8, 4) is 0 Å². The maximum atomic E-state index is 12.9. The zero-order chi connectivity index (χ0) is 17.1. The van der Waals surface area contributed by atoms with Crippen LogP contribution >= 0.6 is 0 Å². The molecule has 2 aliphatic heterocycles. The molecule has 1 N–H and O–H groups in total. The number of nitrogens with zero attached hydrogens (tertiary/aromatic N) is 1. The van der Waals surface area contributed by atoms with Crippen LogP contribution in [0.15, 0.2) is 18.2 Å². The van der Waals surface area contributed by atoms with Gasteiger partial charge in [-0.1, -0.05) is 23.8 Å². The van der Waals surface area contributed by atoms with Crippen molar-refractivity contribution in [2.24, 2.45) is 5.92 Å². The summed E-state index contributed by atoms with van der Waals surface area (Å²) in [7, 11) is 0. The topological polar surface area (TPSA) is 41.6 Å². The van der Waals surface area contributed by atoms with Gasteiger partial charge < -0.3 is 15.0 Å². The van der Waals surface area contributed by atoms with Gasteiger partial charge in [-0.25, -0.2) is 0 Å². The van der Waals surface area contributed by atoms with E-state index in [-0.39, 0.29) is 12.1 Å². The van der Waals surface area contributed by atoms with E-state index >= 15 is 0 Å². The molecular weight excluding hydrogens is 300 g/mol. The predicted octanol–water partition coefficient (Wildman–Crippen LogP) is 2.98. The average molecular weight is 330 g/mol. The molecule has 132 valence electrons. The van der Waals surface area contributed by atoms with Gasteiger partial charge in [0.25, 0.3) is 0 Å². The van der Waals surface area contributed by atoms with Crippen LogP contribution in [0.5, 0.6) is 0 Å². The summed E-state index contributed by atoms with van der Waals surface area (Å²) in [5.74, 6) is 0.834. The number of benzene rings is 1. The van der Waals surface area contributed by atoms with Gasteiger partial charge in [-0.15, -0.1) is 0 Å². The van der Waals surface area contributed by atoms with Crippen LogP contribution in [0.4, 0.5) is 0 Å². The minimum atomic E-state index is -0.00178. The third-order valence-corrected chi connectivity index (χ3v) is 5.46. The van der Waals surface area contributed by atoms with Crippen LogP contribution in [0.1, 0.15) is 49.0 Å². The fourth-order valence-electron chi connectivity index (χ4n) is 3.85. The lowest BCUT2D eigenvalue weighted by Crippen LogP contribution is -2.49. The van der Waals surface area contributed by atoms with E-state index in [1.165, 1.54) is 16.7 Å². The van der Waals surface area contributed by atoms with Crippen molar-refractivity contribution >= 4 is 5.91 Å². The summed E-state index contributed by atoms with van der Waals surface area (Å²) in [5, 5.41) is 3.37. The van der Waals surface area contributed by atoms with E-state index in [9.17, 15) is 4.79 Å². The largest absolute Gasteiger partial charge is 0.370 e. The van der Waals surface area contributed by atoms with E-state index in [0.717, 1.165) is 25.9 Å². The Balaban J connectivity index is 1.68. The molecule has 0 bridgehead atoms. The Morgan fingerprint density at radius 1 is 1.29 bits per heavy atom. The van der Waals surface area contributed by atoms with Gasteiger partial charge in [0, 0.05) is 6.42 Å². The summed E-state index contributed by atoms with van der Waals surface area (Å²) in [4.78, 5) is 14.9. The lowest BCUT2D eigenvalue weighted by atomic mass is 9.93. The molecule has 4 nitrogen and oxygen atoms in total. The van der Waals surface area contributed by atoms with Crippen molar-refractivity contribution in [2.75, 3.05) is 26.2 Å². The highest BCUT2D eigenvalue weighted by Crippen LogP contribution is 2.29. The molecule has 2 atom stereocenters. The van der Waals surface area contributed by atoms with Crippen LogP contribution in [0.2, 0.25) is 0 Å².